The van der Waals surface area contributed by atoms with Gasteiger partial charge in [-0.3, -0.25) is 4.90 Å². The molecule has 1 aromatic carbocycles. The molecule has 2 nitrogen and oxygen atoms in total. The molecule has 2 heteroatoms. The van der Waals surface area contributed by atoms with Crippen molar-refractivity contribution in [2.75, 3.05) is 26.2 Å². The topological polar surface area (TPSA) is 12.5 Å². The van der Waals surface area contributed by atoms with Gasteiger partial charge in [-0.1, -0.05) is 24.1 Å². The first-order valence-electron chi connectivity index (χ1n) is 6.68. The highest BCUT2D eigenvalue weighted by Crippen LogP contribution is 2.18. The van der Waals surface area contributed by atoms with Crippen molar-refractivity contribution in [3.8, 4) is 5.75 Å². The molecule has 0 saturated carbocycles. The van der Waals surface area contributed by atoms with Crippen LogP contribution in [0, 0.1) is 13.8 Å². The van der Waals surface area contributed by atoms with E-state index >= 15 is 0 Å². The molecular weight excluding hydrogens is 210 g/mol. The molecule has 1 aliphatic heterocycles. The normalized spacial score (nSPS) is 17.1. The number of hydrogen-bond donors (Lipinski definition) is 0. The summed E-state index contributed by atoms with van der Waals surface area (Å²) in [6.07, 6.45) is 4.10. The quantitative estimate of drug-likeness (QED) is 0.792. The fourth-order valence-electron chi connectivity index (χ4n) is 2.43. The summed E-state index contributed by atoms with van der Waals surface area (Å²) in [5.41, 5.74) is 2.54. The second-order valence-corrected chi connectivity index (χ2v) is 5.02. The molecule has 1 heterocycles. The van der Waals surface area contributed by atoms with Gasteiger partial charge < -0.3 is 4.74 Å². The summed E-state index contributed by atoms with van der Waals surface area (Å²) in [6.45, 7) is 8.59. The van der Waals surface area contributed by atoms with Crippen LogP contribution in [-0.2, 0) is 0 Å². The van der Waals surface area contributed by atoms with Gasteiger partial charge in [-0.2, -0.15) is 0 Å². The molecule has 1 saturated heterocycles. The summed E-state index contributed by atoms with van der Waals surface area (Å²) < 4.78 is 5.85. The minimum Gasteiger partial charge on any atom is -0.492 e. The Balaban J connectivity index is 1.77. The van der Waals surface area contributed by atoms with E-state index in [4.69, 9.17) is 4.74 Å². The molecule has 1 fully saturated rings. The molecule has 0 spiro atoms. The van der Waals surface area contributed by atoms with Gasteiger partial charge in [-0.05, 0) is 51.4 Å². The zero-order valence-electron chi connectivity index (χ0n) is 11.0. The monoisotopic (exact) mass is 233 g/mol. The maximum atomic E-state index is 5.85. The van der Waals surface area contributed by atoms with Crippen LogP contribution in [0.4, 0.5) is 0 Å². The van der Waals surface area contributed by atoms with Crippen LogP contribution in [0.1, 0.15) is 30.4 Å². The van der Waals surface area contributed by atoms with Gasteiger partial charge in [0.1, 0.15) is 12.4 Å². The molecule has 0 N–H and O–H groups in total. The molecule has 1 aromatic rings. The van der Waals surface area contributed by atoms with Crippen LogP contribution >= 0.6 is 0 Å². The number of nitrogens with zero attached hydrogens (tertiary/aromatic N) is 1. The van der Waals surface area contributed by atoms with Crippen molar-refractivity contribution in [3.05, 3.63) is 29.3 Å². The van der Waals surface area contributed by atoms with Gasteiger partial charge in [0.25, 0.3) is 0 Å². The highest BCUT2D eigenvalue weighted by Gasteiger charge is 2.09. The summed E-state index contributed by atoms with van der Waals surface area (Å²) in [5, 5.41) is 0. The van der Waals surface area contributed by atoms with Crippen LogP contribution in [0.3, 0.4) is 0 Å². The van der Waals surface area contributed by atoms with E-state index in [2.05, 4.69) is 36.9 Å². The Morgan fingerprint density at radius 1 is 1.12 bits per heavy atom. The molecule has 0 aromatic heterocycles. The van der Waals surface area contributed by atoms with Crippen molar-refractivity contribution in [1.82, 2.24) is 4.90 Å². The average Bonchev–Trinajstić information content (AvgIpc) is 2.33. The third-order valence-corrected chi connectivity index (χ3v) is 3.44. The Hall–Kier alpha value is -1.02. The molecule has 0 aliphatic carbocycles. The third kappa shape index (κ3) is 3.74. The number of aryl methyl sites for hydroxylation is 2. The lowest BCUT2D eigenvalue weighted by Crippen LogP contribution is -2.33. The van der Waals surface area contributed by atoms with Gasteiger partial charge >= 0.3 is 0 Å². The largest absolute Gasteiger partial charge is 0.492 e. The Kier molecular flexibility index (Phi) is 4.43. The third-order valence-electron chi connectivity index (χ3n) is 3.44. The zero-order chi connectivity index (χ0) is 12.1. The van der Waals surface area contributed by atoms with Gasteiger partial charge in [0.05, 0.1) is 0 Å². The van der Waals surface area contributed by atoms with Gasteiger partial charge in [0, 0.05) is 6.54 Å². The van der Waals surface area contributed by atoms with E-state index in [9.17, 15) is 0 Å². The van der Waals surface area contributed by atoms with Crippen molar-refractivity contribution < 1.29 is 4.74 Å². The van der Waals surface area contributed by atoms with E-state index in [1.807, 2.05) is 0 Å². The SMILES string of the molecule is Cc1ccc(OCCN2CCCCC2)c(C)c1. The van der Waals surface area contributed by atoms with Crippen molar-refractivity contribution in [1.29, 1.82) is 0 Å². The zero-order valence-corrected chi connectivity index (χ0v) is 11.0. The first kappa shape index (κ1) is 12.4. The number of ether oxygens (including phenoxy) is 1. The van der Waals surface area contributed by atoms with E-state index in [1.54, 1.807) is 0 Å². The first-order chi connectivity index (χ1) is 8.25. The second kappa shape index (κ2) is 6.06. The van der Waals surface area contributed by atoms with Crippen LogP contribution in [0.25, 0.3) is 0 Å². The van der Waals surface area contributed by atoms with E-state index < -0.39 is 0 Å². The second-order valence-electron chi connectivity index (χ2n) is 5.02. The summed E-state index contributed by atoms with van der Waals surface area (Å²) in [5.74, 6) is 1.03. The lowest BCUT2D eigenvalue weighted by Gasteiger charge is -2.26. The van der Waals surface area contributed by atoms with Gasteiger partial charge in [0.15, 0.2) is 0 Å². The molecule has 2 rings (SSSR count). The molecule has 0 radical (unpaired) electrons. The number of piperidine rings is 1. The molecule has 17 heavy (non-hydrogen) atoms. The lowest BCUT2D eigenvalue weighted by molar-refractivity contribution is 0.183. The minimum atomic E-state index is 0.809. The first-order valence-corrected chi connectivity index (χ1v) is 6.68. The fourth-order valence-corrected chi connectivity index (χ4v) is 2.43. The molecule has 0 atom stereocenters. The van der Waals surface area contributed by atoms with Gasteiger partial charge in [0.2, 0.25) is 0 Å². The van der Waals surface area contributed by atoms with Gasteiger partial charge in [-0.25, -0.2) is 0 Å². The maximum absolute atomic E-state index is 5.85. The Morgan fingerprint density at radius 2 is 1.88 bits per heavy atom. The Labute approximate surface area is 105 Å². The Bertz CT molecular complexity index is 356. The number of benzene rings is 1. The minimum absolute atomic E-state index is 0.809. The molecule has 0 unspecified atom stereocenters. The van der Waals surface area contributed by atoms with Gasteiger partial charge in [-0.15, -0.1) is 0 Å². The molecule has 0 bridgehead atoms. The molecular formula is C15H23NO. The number of hydrogen-bond acceptors (Lipinski definition) is 2. The molecule has 94 valence electrons. The van der Waals surface area contributed by atoms with E-state index in [0.717, 1.165) is 18.9 Å². The van der Waals surface area contributed by atoms with Crippen molar-refractivity contribution in [2.45, 2.75) is 33.1 Å². The lowest BCUT2D eigenvalue weighted by atomic mass is 10.1. The van der Waals surface area contributed by atoms with E-state index in [0.29, 0.717) is 0 Å². The summed E-state index contributed by atoms with van der Waals surface area (Å²) >= 11 is 0. The smallest absolute Gasteiger partial charge is 0.122 e. The standard InChI is InChI=1S/C15H23NO/c1-13-6-7-15(14(2)12-13)17-11-10-16-8-4-3-5-9-16/h6-7,12H,3-5,8-11H2,1-2H3. The van der Waals surface area contributed by atoms with E-state index in [-0.39, 0.29) is 0 Å². The van der Waals surface area contributed by atoms with Crippen LogP contribution in [-0.4, -0.2) is 31.1 Å². The predicted molar refractivity (Wildman–Crippen MR) is 71.7 cm³/mol. The maximum Gasteiger partial charge on any atom is 0.122 e. The van der Waals surface area contributed by atoms with Crippen LogP contribution < -0.4 is 4.74 Å². The summed E-state index contributed by atoms with van der Waals surface area (Å²) in [4.78, 5) is 2.51. The van der Waals surface area contributed by atoms with Crippen LogP contribution in [0.2, 0.25) is 0 Å². The molecule has 0 amide bonds. The van der Waals surface area contributed by atoms with Crippen LogP contribution in [0.15, 0.2) is 18.2 Å². The number of likely N-dealkylation sites (tertiary alicyclic amines) is 1. The molecule has 1 aliphatic rings. The van der Waals surface area contributed by atoms with Crippen LogP contribution in [0.5, 0.6) is 5.75 Å². The average molecular weight is 233 g/mol. The summed E-state index contributed by atoms with van der Waals surface area (Å²) in [6, 6.07) is 6.38. The Morgan fingerprint density at radius 3 is 2.59 bits per heavy atom. The fraction of sp³-hybridized carbons (Fsp3) is 0.600. The highest BCUT2D eigenvalue weighted by molar-refractivity contribution is 5.35. The number of rotatable bonds is 4. The summed E-state index contributed by atoms with van der Waals surface area (Å²) in [7, 11) is 0. The van der Waals surface area contributed by atoms with Crippen molar-refractivity contribution >= 4 is 0 Å². The predicted octanol–water partition coefficient (Wildman–Crippen LogP) is 3.17. The van der Waals surface area contributed by atoms with Crippen molar-refractivity contribution in [3.63, 3.8) is 0 Å². The van der Waals surface area contributed by atoms with Crippen molar-refractivity contribution in [2.24, 2.45) is 0 Å². The highest BCUT2D eigenvalue weighted by atomic mass is 16.5. The van der Waals surface area contributed by atoms with E-state index in [1.165, 1.54) is 43.5 Å².